The largest absolute Gasteiger partial charge is 0.352 e. The third-order valence-corrected chi connectivity index (χ3v) is 5.82. The molecule has 1 fully saturated rings. The van der Waals surface area contributed by atoms with Crippen LogP contribution in [0.2, 0.25) is 0 Å². The van der Waals surface area contributed by atoms with Crippen molar-refractivity contribution in [2.75, 3.05) is 5.75 Å². The monoisotopic (exact) mass is 347 g/mol. The van der Waals surface area contributed by atoms with Gasteiger partial charge in [0.15, 0.2) is 0 Å². The zero-order valence-electron chi connectivity index (χ0n) is 14.7. The van der Waals surface area contributed by atoms with Crippen LogP contribution in [0.25, 0.3) is 5.78 Å². The normalized spacial score (nSPS) is 24.2. The minimum absolute atomic E-state index is 0.0608. The Bertz CT molecular complexity index is 744. The molecule has 6 nitrogen and oxygen atoms in total. The molecule has 0 radical (unpaired) electrons. The highest BCUT2D eigenvalue weighted by Gasteiger charge is 2.28. The summed E-state index contributed by atoms with van der Waals surface area (Å²) in [5.74, 6) is 2.20. The second-order valence-electron chi connectivity index (χ2n) is 6.88. The van der Waals surface area contributed by atoms with Crippen molar-refractivity contribution in [3.63, 3.8) is 0 Å². The molecule has 0 aliphatic heterocycles. The van der Waals surface area contributed by atoms with Crippen molar-refractivity contribution in [2.24, 2.45) is 11.8 Å². The molecule has 24 heavy (non-hydrogen) atoms. The van der Waals surface area contributed by atoms with Crippen LogP contribution in [0.1, 0.15) is 44.5 Å². The van der Waals surface area contributed by atoms with Crippen LogP contribution in [-0.4, -0.2) is 37.3 Å². The van der Waals surface area contributed by atoms with Crippen LogP contribution in [0.3, 0.4) is 0 Å². The summed E-state index contributed by atoms with van der Waals surface area (Å²) in [5.41, 5.74) is 1.91. The second kappa shape index (κ2) is 7.09. The van der Waals surface area contributed by atoms with Crippen molar-refractivity contribution in [1.82, 2.24) is 24.9 Å². The molecule has 3 rings (SSSR count). The Morgan fingerprint density at radius 1 is 1.33 bits per heavy atom. The summed E-state index contributed by atoms with van der Waals surface area (Å²) in [4.78, 5) is 21.0. The van der Waals surface area contributed by atoms with E-state index in [9.17, 15) is 4.79 Å². The van der Waals surface area contributed by atoms with Gasteiger partial charge in [-0.1, -0.05) is 38.5 Å². The third-order valence-electron chi connectivity index (χ3n) is 4.98. The molecule has 2 aromatic heterocycles. The lowest BCUT2D eigenvalue weighted by Crippen LogP contribution is -2.44. The lowest BCUT2D eigenvalue weighted by atomic mass is 9.78. The smallest absolute Gasteiger partial charge is 0.253 e. The number of aromatic nitrogens is 4. The highest BCUT2D eigenvalue weighted by atomic mass is 32.2. The van der Waals surface area contributed by atoms with E-state index in [0.717, 1.165) is 17.8 Å². The maximum Gasteiger partial charge on any atom is 0.253 e. The molecule has 130 valence electrons. The van der Waals surface area contributed by atoms with E-state index in [1.807, 2.05) is 19.9 Å². The maximum atomic E-state index is 12.3. The zero-order chi connectivity index (χ0) is 17.3. The van der Waals surface area contributed by atoms with Crippen LogP contribution in [0.5, 0.6) is 0 Å². The van der Waals surface area contributed by atoms with Gasteiger partial charge < -0.3 is 5.32 Å². The molecule has 0 unspecified atom stereocenters. The van der Waals surface area contributed by atoms with E-state index in [-0.39, 0.29) is 5.91 Å². The molecule has 1 amide bonds. The first-order valence-electron chi connectivity index (χ1n) is 8.57. The Morgan fingerprint density at radius 3 is 2.92 bits per heavy atom. The highest BCUT2D eigenvalue weighted by molar-refractivity contribution is 7.99. The van der Waals surface area contributed by atoms with Crippen LogP contribution < -0.4 is 5.32 Å². The van der Waals surface area contributed by atoms with Crippen LogP contribution in [0.4, 0.5) is 0 Å². The number of nitrogens with zero attached hydrogens (tertiary/aromatic N) is 4. The van der Waals surface area contributed by atoms with Gasteiger partial charge in [-0.3, -0.25) is 4.79 Å². The maximum absolute atomic E-state index is 12.3. The van der Waals surface area contributed by atoms with E-state index in [1.165, 1.54) is 24.6 Å². The first kappa shape index (κ1) is 17.2. The number of hydrogen-bond acceptors (Lipinski definition) is 5. The van der Waals surface area contributed by atoms with Crippen LogP contribution in [0, 0.1) is 25.7 Å². The Balaban J connectivity index is 1.59. The van der Waals surface area contributed by atoms with Gasteiger partial charge >= 0.3 is 0 Å². The van der Waals surface area contributed by atoms with Gasteiger partial charge in [0.2, 0.25) is 11.1 Å². The highest BCUT2D eigenvalue weighted by Crippen LogP contribution is 2.29. The molecule has 0 saturated heterocycles. The average Bonchev–Trinajstić information content (AvgIpc) is 2.93. The van der Waals surface area contributed by atoms with E-state index in [0.29, 0.717) is 34.6 Å². The van der Waals surface area contributed by atoms with Gasteiger partial charge in [-0.2, -0.15) is 4.98 Å². The molecular weight excluding hydrogens is 322 g/mol. The predicted molar refractivity (Wildman–Crippen MR) is 95.1 cm³/mol. The molecule has 0 aromatic carbocycles. The number of nitrogens with one attached hydrogen (secondary N) is 1. The SMILES string of the molecule is Cc1cc(C)n2nc(SCC(=O)N[C@H]3CCC[C@H](C)[C@H]3C)nc2n1. The predicted octanol–water partition coefficient (Wildman–Crippen LogP) is 2.77. The standard InChI is InChI=1S/C17H25N5OS/c1-10-6-5-7-14(13(10)4)19-15(23)9-24-17-20-16-18-11(2)8-12(3)22(16)21-17/h8,10,13-14H,5-7,9H2,1-4H3,(H,19,23)/t10-,13+,14-/m0/s1. The zero-order valence-corrected chi connectivity index (χ0v) is 15.6. The third kappa shape index (κ3) is 3.71. The number of aryl methyl sites for hydroxylation is 2. The quantitative estimate of drug-likeness (QED) is 0.861. The molecular formula is C17H25N5OS. The van der Waals surface area contributed by atoms with E-state index in [2.05, 4.69) is 34.2 Å². The summed E-state index contributed by atoms with van der Waals surface area (Å²) in [6, 6.07) is 2.26. The molecule has 2 heterocycles. The summed E-state index contributed by atoms with van der Waals surface area (Å²) in [6.45, 7) is 8.43. The average molecular weight is 347 g/mol. The van der Waals surface area contributed by atoms with E-state index < -0.39 is 0 Å². The van der Waals surface area contributed by atoms with Gasteiger partial charge in [-0.15, -0.1) is 5.10 Å². The first-order chi connectivity index (χ1) is 11.4. The molecule has 2 aromatic rings. The van der Waals surface area contributed by atoms with Gasteiger partial charge in [0.1, 0.15) is 0 Å². The molecule has 1 aliphatic carbocycles. The number of hydrogen-bond donors (Lipinski definition) is 1. The van der Waals surface area contributed by atoms with E-state index in [4.69, 9.17) is 0 Å². The number of rotatable bonds is 4. The number of amides is 1. The van der Waals surface area contributed by atoms with Gasteiger partial charge in [-0.25, -0.2) is 9.50 Å². The minimum Gasteiger partial charge on any atom is -0.352 e. The van der Waals surface area contributed by atoms with Crippen molar-refractivity contribution >= 4 is 23.4 Å². The van der Waals surface area contributed by atoms with Gasteiger partial charge in [0.25, 0.3) is 5.78 Å². The Kier molecular flexibility index (Phi) is 5.08. The van der Waals surface area contributed by atoms with Crippen LogP contribution in [0.15, 0.2) is 11.2 Å². The van der Waals surface area contributed by atoms with Crippen molar-refractivity contribution in [3.8, 4) is 0 Å². The van der Waals surface area contributed by atoms with Crippen molar-refractivity contribution in [1.29, 1.82) is 0 Å². The molecule has 0 bridgehead atoms. The summed E-state index contributed by atoms with van der Waals surface area (Å²) in [7, 11) is 0. The molecule has 1 saturated carbocycles. The summed E-state index contributed by atoms with van der Waals surface area (Å²) >= 11 is 1.36. The van der Waals surface area contributed by atoms with Gasteiger partial charge in [0, 0.05) is 17.4 Å². The molecule has 3 atom stereocenters. The fourth-order valence-electron chi connectivity index (χ4n) is 3.37. The molecule has 1 N–H and O–H groups in total. The Morgan fingerprint density at radius 2 is 2.12 bits per heavy atom. The fourth-order valence-corrected chi connectivity index (χ4v) is 4.00. The van der Waals surface area contributed by atoms with E-state index in [1.54, 1.807) is 4.52 Å². The molecule has 1 aliphatic rings. The topological polar surface area (TPSA) is 72.2 Å². The van der Waals surface area contributed by atoms with Gasteiger partial charge in [0.05, 0.1) is 5.75 Å². The molecule has 0 spiro atoms. The van der Waals surface area contributed by atoms with E-state index >= 15 is 0 Å². The van der Waals surface area contributed by atoms with Gasteiger partial charge in [-0.05, 0) is 38.2 Å². The van der Waals surface area contributed by atoms with Crippen molar-refractivity contribution in [2.45, 2.75) is 58.2 Å². The Hall–Kier alpha value is -1.63. The first-order valence-corrected chi connectivity index (χ1v) is 9.56. The lowest BCUT2D eigenvalue weighted by Gasteiger charge is -2.34. The lowest BCUT2D eigenvalue weighted by molar-refractivity contribution is -0.120. The second-order valence-corrected chi connectivity index (χ2v) is 7.82. The van der Waals surface area contributed by atoms with Crippen LogP contribution >= 0.6 is 11.8 Å². The molecule has 7 heteroatoms. The number of thioether (sulfide) groups is 1. The Labute approximate surface area is 146 Å². The number of carbonyl (C=O) groups excluding carboxylic acids is 1. The number of carbonyl (C=O) groups is 1. The summed E-state index contributed by atoms with van der Waals surface area (Å²) in [6.07, 6.45) is 3.54. The summed E-state index contributed by atoms with van der Waals surface area (Å²) < 4.78 is 1.72. The van der Waals surface area contributed by atoms with Crippen molar-refractivity contribution in [3.05, 3.63) is 17.5 Å². The van der Waals surface area contributed by atoms with Crippen LogP contribution in [-0.2, 0) is 4.79 Å². The number of fused-ring (bicyclic) bond motifs is 1. The fraction of sp³-hybridized carbons (Fsp3) is 0.647. The minimum atomic E-state index is 0.0608. The summed E-state index contributed by atoms with van der Waals surface area (Å²) in [5, 5.41) is 8.20. The van der Waals surface area contributed by atoms with Crippen molar-refractivity contribution < 1.29 is 4.79 Å².